The summed E-state index contributed by atoms with van der Waals surface area (Å²) in [4.78, 5) is 61.1. The molecule has 0 spiro atoms. The first-order valence-corrected chi connectivity index (χ1v) is 10.3. The standard InChI is InChI=1S/C21H28N4O7/c1-12(23-18(28)14(22)10-13-6-3-2-4-7-13)20(30)25-9-5-8-16(25)19(29)24-15(21(31)32)11-17(26)27/h2-4,6-7,12,14-16H,5,8-11,22H2,1H3,(H,23,28)(H,24,29)(H,26,27)(H,31,32). The van der Waals surface area contributed by atoms with Gasteiger partial charge in [0.25, 0.3) is 0 Å². The Morgan fingerprint density at radius 3 is 2.38 bits per heavy atom. The second-order valence-electron chi connectivity index (χ2n) is 7.71. The van der Waals surface area contributed by atoms with Crippen molar-refractivity contribution >= 4 is 29.7 Å². The van der Waals surface area contributed by atoms with Crippen LogP contribution in [0.15, 0.2) is 30.3 Å². The Morgan fingerprint density at radius 1 is 1.12 bits per heavy atom. The number of carbonyl (C=O) groups excluding carboxylic acids is 3. The van der Waals surface area contributed by atoms with Crippen LogP contribution in [0.3, 0.4) is 0 Å². The number of carboxylic acids is 2. The molecule has 0 aromatic heterocycles. The Balaban J connectivity index is 1.96. The van der Waals surface area contributed by atoms with E-state index in [0.717, 1.165) is 5.56 Å². The van der Waals surface area contributed by atoms with Crippen molar-refractivity contribution in [3.63, 3.8) is 0 Å². The summed E-state index contributed by atoms with van der Waals surface area (Å²) in [6.45, 7) is 1.73. The van der Waals surface area contributed by atoms with E-state index in [1.165, 1.54) is 11.8 Å². The predicted molar refractivity (Wildman–Crippen MR) is 112 cm³/mol. The maximum atomic E-state index is 12.9. The highest BCUT2D eigenvalue weighted by Crippen LogP contribution is 2.19. The molecular formula is C21H28N4O7. The van der Waals surface area contributed by atoms with E-state index in [-0.39, 0.29) is 6.54 Å². The van der Waals surface area contributed by atoms with Gasteiger partial charge in [-0.3, -0.25) is 19.2 Å². The number of nitrogens with zero attached hydrogens (tertiary/aromatic N) is 1. The molecule has 3 amide bonds. The Labute approximate surface area is 184 Å². The van der Waals surface area contributed by atoms with Crippen LogP contribution >= 0.6 is 0 Å². The first-order valence-electron chi connectivity index (χ1n) is 10.3. The number of aliphatic carboxylic acids is 2. The van der Waals surface area contributed by atoms with Gasteiger partial charge in [0.15, 0.2) is 0 Å². The number of nitrogens with two attached hydrogens (primary N) is 1. The monoisotopic (exact) mass is 448 g/mol. The lowest BCUT2D eigenvalue weighted by Gasteiger charge is -2.28. The second kappa shape index (κ2) is 11.2. The molecule has 1 fully saturated rings. The van der Waals surface area contributed by atoms with Crippen molar-refractivity contribution in [2.75, 3.05) is 6.54 Å². The van der Waals surface area contributed by atoms with E-state index in [1.807, 2.05) is 30.3 Å². The highest BCUT2D eigenvalue weighted by Gasteiger charge is 2.38. The van der Waals surface area contributed by atoms with Gasteiger partial charge in [0.05, 0.1) is 12.5 Å². The smallest absolute Gasteiger partial charge is 0.326 e. The highest BCUT2D eigenvalue weighted by molar-refractivity contribution is 5.94. The van der Waals surface area contributed by atoms with Gasteiger partial charge in [0, 0.05) is 6.54 Å². The summed E-state index contributed by atoms with van der Waals surface area (Å²) in [5.41, 5.74) is 6.82. The van der Waals surface area contributed by atoms with E-state index in [0.29, 0.717) is 19.3 Å². The molecule has 1 aliphatic heterocycles. The summed E-state index contributed by atoms with van der Waals surface area (Å²) in [7, 11) is 0. The van der Waals surface area contributed by atoms with Crippen molar-refractivity contribution in [2.24, 2.45) is 5.73 Å². The van der Waals surface area contributed by atoms with Gasteiger partial charge < -0.3 is 31.5 Å². The zero-order chi connectivity index (χ0) is 23.8. The quantitative estimate of drug-likeness (QED) is 0.305. The molecule has 1 heterocycles. The molecule has 32 heavy (non-hydrogen) atoms. The third-order valence-corrected chi connectivity index (χ3v) is 5.20. The molecule has 4 atom stereocenters. The molecule has 1 saturated heterocycles. The topological polar surface area (TPSA) is 179 Å². The number of hydrogen-bond donors (Lipinski definition) is 5. The number of nitrogens with one attached hydrogen (secondary N) is 2. The summed E-state index contributed by atoms with van der Waals surface area (Å²) in [5, 5.41) is 22.7. The van der Waals surface area contributed by atoms with Gasteiger partial charge in [-0.1, -0.05) is 30.3 Å². The lowest BCUT2D eigenvalue weighted by molar-refractivity contribution is -0.148. The average molecular weight is 448 g/mol. The molecule has 4 unspecified atom stereocenters. The van der Waals surface area contributed by atoms with Gasteiger partial charge in [-0.05, 0) is 31.7 Å². The van der Waals surface area contributed by atoms with Gasteiger partial charge >= 0.3 is 11.9 Å². The summed E-state index contributed by atoms with van der Waals surface area (Å²) < 4.78 is 0. The minimum atomic E-state index is -1.61. The minimum Gasteiger partial charge on any atom is -0.481 e. The SMILES string of the molecule is CC(NC(=O)C(N)Cc1ccccc1)C(=O)N1CCCC1C(=O)NC(CC(=O)O)C(=O)O. The first-order chi connectivity index (χ1) is 15.1. The zero-order valence-electron chi connectivity index (χ0n) is 17.7. The molecule has 2 rings (SSSR count). The molecule has 174 valence electrons. The first kappa shape index (κ1) is 24.8. The van der Waals surface area contributed by atoms with E-state index in [4.69, 9.17) is 15.9 Å². The van der Waals surface area contributed by atoms with Gasteiger partial charge in [-0.2, -0.15) is 0 Å². The highest BCUT2D eigenvalue weighted by atomic mass is 16.4. The Morgan fingerprint density at radius 2 is 1.78 bits per heavy atom. The number of likely N-dealkylation sites (tertiary alicyclic amines) is 1. The molecular weight excluding hydrogens is 420 g/mol. The zero-order valence-corrected chi connectivity index (χ0v) is 17.7. The van der Waals surface area contributed by atoms with Crippen LogP contribution in [0.1, 0.15) is 31.7 Å². The van der Waals surface area contributed by atoms with Crippen molar-refractivity contribution in [3.05, 3.63) is 35.9 Å². The molecule has 1 aliphatic rings. The van der Waals surface area contributed by atoms with E-state index in [2.05, 4.69) is 10.6 Å². The molecule has 0 saturated carbocycles. The van der Waals surface area contributed by atoms with Crippen LogP contribution in [0.2, 0.25) is 0 Å². The minimum absolute atomic E-state index is 0.254. The van der Waals surface area contributed by atoms with Crippen LogP contribution in [0.5, 0.6) is 0 Å². The van der Waals surface area contributed by atoms with Crippen molar-refractivity contribution in [3.8, 4) is 0 Å². The molecule has 0 radical (unpaired) electrons. The summed E-state index contributed by atoms with van der Waals surface area (Å²) in [5.74, 6) is -4.62. The fourth-order valence-corrected chi connectivity index (χ4v) is 3.54. The molecule has 6 N–H and O–H groups in total. The predicted octanol–water partition coefficient (Wildman–Crippen LogP) is -0.904. The van der Waals surface area contributed by atoms with Gasteiger partial charge in [-0.25, -0.2) is 4.79 Å². The number of benzene rings is 1. The Bertz CT molecular complexity index is 861. The van der Waals surface area contributed by atoms with Crippen LogP contribution in [0.4, 0.5) is 0 Å². The number of carboxylic acid groups (broad SMARTS) is 2. The average Bonchev–Trinajstić information content (AvgIpc) is 3.22. The van der Waals surface area contributed by atoms with Crippen LogP contribution in [-0.2, 0) is 30.4 Å². The fourth-order valence-electron chi connectivity index (χ4n) is 3.54. The van der Waals surface area contributed by atoms with Crippen molar-refractivity contribution < 1.29 is 34.2 Å². The van der Waals surface area contributed by atoms with Crippen molar-refractivity contribution in [1.82, 2.24) is 15.5 Å². The largest absolute Gasteiger partial charge is 0.481 e. The van der Waals surface area contributed by atoms with E-state index >= 15 is 0 Å². The van der Waals surface area contributed by atoms with Gasteiger partial charge in [-0.15, -0.1) is 0 Å². The summed E-state index contributed by atoms with van der Waals surface area (Å²) in [6.07, 6.45) is 0.315. The number of rotatable bonds is 10. The number of hydrogen-bond acceptors (Lipinski definition) is 6. The van der Waals surface area contributed by atoms with Crippen molar-refractivity contribution in [2.45, 2.75) is 56.8 Å². The van der Waals surface area contributed by atoms with Crippen molar-refractivity contribution in [1.29, 1.82) is 0 Å². The maximum Gasteiger partial charge on any atom is 0.326 e. The molecule has 0 aliphatic carbocycles. The Hall–Kier alpha value is -3.47. The van der Waals surface area contributed by atoms with Crippen LogP contribution < -0.4 is 16.4 Å². The molecule has 1 aromatic rings. The number of amides is 3. The summed E-state index contributed by atoms with van der Waals surface area (Å²) in [6, 6.07) is 4.81. The summed E-state index contributed by atoms with van der Waals surface area (Å²) >= 11 is 0. The normalized spacial score (nSPS) is 18.3. The lowest BCUT2D eigenvalue weighted by Crippen LogP contribution is -2.56. The van der Waals surface area contributed by atoms with Gasteiger partial charge in [0.1, 0.15) is 18.1 Å². The lowest BCUT2D eigenvalue weighted by atomic mass is 10.1. The fraction of sp³-hybridized carbons (Fsp3) is 0.476. The molecule has 1 aromatic carbocycles. The van der Waals surface area contributed by atoms with E-state index in [1.54, 1.807) is 0 Å². The van der Waals surface area contributed by atoms with Gasteiger partial charge in [0.2, 0.25) is 17.7 Å². The second-order valence-corrected chi connectivity index (χ2v) is 7.71. The van der Waals surface area contributed by atoms with Crippen LogP contribution in [0.25, 0.3) is 0 Å². The maximum absolute atomic E-state index is 12.9. The third-order valence-electron chi connectivity index (χ3n) is 5.20. The molecule has 11 nitrogen and oxygen atoms in total. The number of carbonyl (C=O) groups is 5. The van der Waals surface area contributed by atoms with Crippen LogP contribution in [-0.4, -0.2) is 75.5 Å². The van der Waals surface area contributed by atoms with Crippen LogP contribution in [0, 0.1) is 0 Å². The van der Waals surface area contributed by atoms with E-state index in [9.17, 15) is 24.0 Å². The molecule has 11 heteroatoms. The Kier molecular flexibility index (Phi) is 8.71. The molecule has 0 bridgehead atoms. The van der Waals surface area contributed by atoms with E-state index < -0.39 is 60.2 Å². The third kappa shape index (κ3) is 6.77.